The molecule has 2 bridgehead atoms. The summed E-state index contributed by atoms with van der Waals surface area (Å²) in [5.74, 6) is 2.84. The number of aryl methyl sites for hydroxylation is 1. The topological polar surface area (TPSA) is 55.7 Å². The third kappa shape index (κ3) is 3.05. The molecule has 132 valence electrons. The van der Waals surface area contributed by atoms with Crippen LogP contribution in [0.5, 0.6) is 0 Å². The maximum Gasteiger partial charge on any atom is 0.282 e. The number of benzene rings is 1. The van der Waals surface area contributed by atoms with Gasteiger partial charge in [-0.1, -0.05) is 43.0 Å². The molecular formula is C20H23NO3S. The molecule has 2 aliphatic heterocycles. The maximum absolute atomic E-state index is 12.8. The molecule has 1 fully saturated rings. The Kier molecular flexibility index (Phi) is 4.61. The summed E-state index contributed by atoms with van der Waals surface area (Å²) in [4.78, 5) is 0.191. The fourth-order valence-corrected chi connectivity index (χ4v) is 4.72. The Morgan fingerprint density at radius 1 is 1.32 bits per heavy atom. The number of terminal acetylenes is 1. The molecule has 1 aromatic carbocycles. The standard InChI is InChI=1S/C20H23NO3S/c1-5-11-20(6-2)18(13-17-15(4)12-19(20)24-17)21-25(22,23)16-9-7-14(3)8-10-16/h2,7-10,12,17,19H,5,11,13H2,1,3-4H3/b21-18+/t17-,19-,20+/m0/s1. The minimum Gasteiger partial charge on any atom is -0.364 e. The zero-order valence-electron chi connectivity index (χ0n) is 14.8. The average Bonchev–Trinajstić information content (AvgIpc) is 2.89. The molecule has 0 amide bonds. The van der Waals surface area contributed by atoms with E-state index < -0.39 is 15.4 Å². The Balaban J connectivity index is 2.09. The fraction of sp³-hybridized carbons (Fsp3) is 0.450. The van der Waals surface area contributed by atoms with Crippen LogP contribution in [0, 0.1) is 24.7 Å². The monoisotopic (exact) mass is 357 g/mol. The molecular weight excluding hydrogens is 334 g/mol. The lowest BCUT2D eigenvalue weighted by Gasteiger charge is -2.39. The van der Waals surface area contributed by atoms with Crippen LogP contribution in [-0.2, 0) is 14.8 Å². The van der Waals surface area contributed by atoms with Crippen LogP contribution < -0.4 is 0 Å². The normalized spacial score (nSPS) is 30.2. The molecule has 3 atom stereocenters. The zero-order chi connectivity index (χ0) is 18.2. The van der Waals surface area contributed by atoms with Crippen molar-refractivity contribution in [3.8, 4) is 12.3 Å². The van der Waals surface area contributed by atoms with Crippen molar-refractivity contribution in [1.82, 2.24) is 0 Å². The minimum absolute atomic E-state index is 0.129. The van der Waals surface area contributed by atoms with E-state index in [0.717, 1.165) is 17.6 Å². The lowest BCUT2D eigenvalue weighted by atomic mass is 9.73. The van der Waals surface area contributed by atoms with E-state index >= 15 is 0 Å². The first kappa shape index (κ1) is 17.9. The summed E-state index contributed by atoms with van der Waals surface area (Å²) in [6.45, 7) is 5.94. The predicted molar refractivity (Wildman–Crippen MR) is 99.0 cm³/mol. The summed E-state index contributed by atoms with van der Waals surface area (Å²) in [6, 6.07) is 6.72. The summed E-state index contributed by atoms with van der Waals surface area (Å²) in [5.41, 5.74) is 1.85. The lowest BCUT2D eigenvalue weighted by Crippen LogP contribution is -2.47. The van der Waals surface area contributed by atoms with Gasteiger partial charge in [-0.05, 0) is 38.0 Å². The molecule has 0 saturated carbocycles. The van der Waals surface area contributed by atoms with Crippen molar-refractivity contribution in [2.75, 3.05) is 0 Å². The third-order valence-corrected chi connectivity index (χ3v) is 6.39. The van der Waals surface area contributed by atoms with Crippen molar-refractivity contribution in [2.24, 2.45) is 9.81 Å². The van der Waals surface area contributed by atoms with Gasteiger partial charge in [-0.2, -0.15) is 12.8 Å². The largest absolute Gasteiger partial charge is 0.364 e. The average molecular weight is 357 g/mol. The van der Waals surface area contributed by atoms with Crippen molar-refractivity contribution in [2.45, 2.75) is 57.1 Å². The second-order valence-electron chi connectivity index (χ2n) is 6.85. The Morgan fingerprint density at radius 2 is 2.00 bits per heavy atom. The molecule has 25 heavy (non-hydrogen) atoms. The summed E-state index contributed by atoms with van der Waals surface area (Å²) >= 11 is 0. The van der Waals surface area contributed by atoms with E-state index in [0.29, 0.717) is 18.6 Å². The van der Waals surface area contributed by atoms with Gasteiger partial charge < -0.3 is 4.74 Å². The highest BCUT2D eigenvalue weighted by atomic mass is 32.2. The van der Waals surface area contributed by atoms with Gasteiger partial charge in [0.1, 0.15) is 0 Å². The SMILES string of the molecule is C#C[C@@]1(CCC)/C(=N/S(=O)(=O)c2ccc(C)cc2)C[C@@H]2O[C@H]1C=C2C. The Hall–Kier alpha value is -1.90. The molecule has 2 heterocycles. The van der Waals surface area contributed by atoms with Gasteiger partial charge in [0, 0.05) is 6.42 Å². The number of fused-ring (bicyclic) bond motifs is 2. The minimum atomic E-state index is -3.80. The number of hydrogen-bond donors (Lipinski definition) is 0. The van der Waals surface area contributed by atoms with Gasteiger partial charge in [-0.25, -0.2) is 0 Å². The first-order valence-electron chi connectivity index (χ1n) is 8.55. The van der Waals surface area contributed by atoms with E-state index in [1.54, 1.807) is 24.3 Å². The van der Waals surface area contributed by atoms with Crippen LogP contribution in [0.15, 0.2) is 45.2 Å². The van der Waals surface area contributed by atoms with Crippen LogP contribution in [-0.4, -0.2) is 26.3 Å². The van der Waals surface area contributed by atoms with Crippen molar-refractivity contribution in [3.05, 3.63) is 41.5 Å². The van der Waals surface area contributed by atoms with Crippen LogP contribution in [0.3, 0.4) is 0 Å². The number of nitrogens with zero attached hydrogens (tertiary/aromatic N) is 1. The molecule has 1 saturated heterocycles. The van der Waals surface area contributed by atoms with Gasteiger partial charge in [0.25, 0.3) is 10.0 Å². The van der Waals surface area contributed by atoms with Crippen LogP contribution in [0.2, 0.25) is 0 Å². The molecule has 2 aliphatic rings. The fourth-order valence-electron chi connectivity index (χ4n) is 3.60. The number of sulfonamides is 1. The first-order chi connectivity index (χ1) is 11.8. The van der Waals surface area contributed by atoms with Crippen molar-refractivity contribution >= 4 is 15.7 Å². The molecule has 0 unspecified atom stereocenters. The molecule has 0 radical (unpaired) electrons. The van der Waals surface area contributed by atoms with Gasteiger partial charge in [-0.15, -0.1) is 6.42 Å². The zero-order valence-corrected chi connectivity index (χ0v) is 15.6. The molecule has 0 aliphatic carbocycles. The van der Waals surface area contributed by atoms with Gasteiger partial charge in [0.2, 0.25) is 0 Å². The highest BCUT2D eigenvalue weighted by Crippen LogP contribution is 2.45. The van der Waals surface area contributed by atoms with E-state index in [2.05, 4.69) is 10.3 Å². The summed E-state index contributed by atoms with van der Waals surface area (Å²) < 4.78 is 35.9. The number of rotatable bonds is 4. The van der Waals surface area contributed by atoms with E-state index in [1.807, 2.05) is 26.8 Å². The Morgan fingerprint density at radius 3 is 2.60 bits per heavy atom. The highest BCUT2D eigenvalue weighted by Gasteiger charge is 2.50. The summed E-state index contributed by atoms with van der Waals surface area (Å²) in [7, 11) is -3.80. The van der Waals surface area contributed by atoms with Gasteiger partial charge >= 0.3 is 0 Å². The molecule has 1 aromatic rings. The van der Waals surface area contributed by atoms with E-state index in [-0.39, 0.29) is 17.1 Å². The second-order valence-corrected chi connectivity index (χ2v) is 8.46. The number of hydrogen-bond acceptors (Lipinski definition) is 3. The van der Waals surface area contributed by atoms with Gasteiger partial charge in [-0.3, -0.25) is 0 Å². The van der Waals surface area contributed by atoms with Crippen molar-refractivity contribution < 1.29 is 13.2 Å². The molecule has 0 aromatic heterocycles. The van der Waals surface area contributed by atoms with E-state index in [1.165, 1.54) is 0 Å². The smallest absolute Gasteiger partial charge is 0.282 e. The summed E-state index contributed by atoms with van der Waals surface area (Å²) in [6.07, 6.45) is 9.38. The van der Waals surface area contributed by atoms with Crippen LogP contribution in [0.25, 0.3) is 0 Å². The van der Waals surface area contributed by atoms with Gasteiger partial charge in [0.15, 0.2) is 0 Å². The van der Waals surface area contributed by atoms with Crippen LogP contribution >= 0.6 is 0 Å². The van der Waals surface area contributed by atoms with E-state index in [9.17, 15) is 8.42 Å². The maximum atomic E-state index is 12.8. The van der Waals surface area contributed by atoms with Crippen LogP contribution in [0.4, 0.5) is 0 Å². The quantitative estimate of drug-likeness (QED) is 0.610. The Bertz CT molecular complexity index is 875. The third-order valence-electron chi connectivity index (χ3n) is 5.06. The highest BCUT2D eigenvalue weighted by molar-refractivity contribution is 7.90. The lowest BCUT2D eigenvalue weighted by molar-refractivity contribution is 0.00196. The second kappa shape index (κ2) is 6.44. The molecule has 4 nitrogen and oxygen atoms in total. The number of ether oxygens (including phenoxy) is 1. The predicted octanol–water partition coefficient (Wildman–Crippen LogP) is 3.66. The summed E-state index contributed by atoms with van der Waals surface area (Å²) in [5, 5.41) is 0. The van der Waals surface area contributed by atoms with Crippen LogP contribution in [0.1, 0.15) is 38.7 Å². The Labute approximate surface area is 150 Å². The molecule has 0 N–H and O–H groups in total. The molecule has 0 spiro atoms. The van der Waals surface area contributed by atoms with E-state index in [4.69, 9.17) is 11.2 Å². The van der Waals surface area contributed by atoms with Crippen molar-refractivity contribution in [1.29, 1.82) is 0 Å². The molecule has 5 heteroatoms. The first-order valence-corrected chi connectivity index (χ1v) is 9.99. The molecule has 3 rings (SSSR count). The van der Waals surface area contributed by atoms with Gasteiger partial charge in [0.05, 0.1) is 28.2 Å². The van der Waals surface area contributed by atoms with Crippen molar-refractivity contribution in [3.63, 3.8) is 0 Å².